The molecule has 1 saturated heterocycles. The van der Waals surface area contributed by atoms with Crippen LogP contribution in [0.15, 0.2) is 36.2 Å². The van der Waals surface area contributed by atoms with Crippen molar-refractivity contribution in [2.75, 3.05) is 20.1 Å². The molecule has 1 aromatic heterocycles. The average Bonchev–Trinajstić information content (AvgIpc) is 3.38. The molecule has 38 heavy (non-hydrogen) atoms. The van der Waals surface area contributed by atoms with Crippen LogP contribution in [-0.2, 0) is 23.2 Å². The Bertz CT molecular complexity index is 1330. The number of aliphatic hydroxyl groups is 1. The number of piperidine rings is 1. The zero-order valence-electron chi connectivity index (χ0n) is 21.4. The number of nitrogens with zero attached hydrogens (tertiary/aromatic N) is 3. The molecule has 5 atom stereocenters. The van der Waals surface area contributed by atoms with Crippen LogP contribution in [0.3, 0.4) is 0 Å². The van der Waals surface area contributed by atoms with Crippen LogP contribution in [0, 0.1) is 11.3 Å². The van der Waals surface area contributed by atoms with Gasteiger partial charge in [0.15, 0.2) is 11.5 Å². The number of amides is 1. The zero-order valence-corrected chi connectivity index (χ0v) is 23.0. The van der Waals surface area contributed by atoms with E-state index in [2.05, 4.69) is 27.0 Å². The Morgan fingerprint density at radius 3 is 2.82 bits per heavy atom. The molecule has 2 saturated carbocycles. The zero-order chi connectivity index (χ0) is 24.4. The maximum Gasteiger partial charge on any atom is 0.252 e. The van der Waals surface area contributed by atoms with E-state index in [9.17, 15) is 15.0 Å². The number of carbonyl (C=O) groups is 1. The number of carbonyl (C=O) groups excluding carboxylic acids is 1. The monoisotopic (exact) mass is 560 g/mol. The lowest BCUT2D eigenvalue weighted by Gasteiger charge is -2.70. The van der Waals surface area contributed by atoms with Crippen LogP contribution in [-0.4, -0.2) is 73.8 Å². The van der Waals surface area contributed by atoms with E-state index in [4.69, 9.17) is 4.74 Å². The second-order valence-electron chi connectivity index (χ2n) is 12.0. The molecule has 3 heterocycles. The highest BCUT2D eigenvalue weighted by atomic mass is 35.5. The van der Waals surface area contributed by atoms with Gasteiger partial charge in [-0.05, 0) is 62.6 Å². The third-order valence-electron chi connectivity index (χ3n) is 10.4. The summed E-state index contributed by atoms with van der Waals surface area (Å²) in [6.07, 6.45) is 10.7. The third kappa shape index (κ3) is 3.00. The van der Waals surface area contributed by atoms with E-state index in [-0.39, 0.29) is 47.9 Å². The highest BCUT2D eigenvalue weighted by Crippen LogP contribution is 2.74. The molecule has 2 aliphatic heterocycles. The highest BCUT2D eigenvalue weighted by molar-refractivity contribution is 5.97. The molecule has 1 aromatic carbocycles. The molecule has 2 aromatic rings. The quantitative estimate of drug-likeness (QED) is 0.519. The van der Waals surface area contributed by atoms with Crippen molar-refractivity contribution in [1.29, 1.82) is 0 Å². The molecule has 7 aliphatic rings. The maximum atomic E-state index is 13.9. The first-order valence-electron chi connectivity index (χ1n) is 13.3. The van der Waals surface area contributed by atoms with Crippen molar-refractivity contribution in [2.24, 2.45) is 11.3 Å². The van der Waals surface area contributed by atoms with Crippen molar-refractivity contribution in [1.82, 2.24) is 19.8 Å². The molecule has 4 bridgehead atoms. The molecule has 0 radical (unpaired) electrons. The minimum atomic E-state index is -1.40. The summed E-state index contributed by atoms with van der Waals surface area (Å²) in [7, 11) is 1.76. The Balaban J connectivity index is 0.00000132. The molecular weight excluding hydrogens is 527 g/mol. The summed E-state index contributed by atoms with van der Waals surface area (Å²) in [4.78, 5) is 25.6. The largest absolute Gasteiger partial charge is 0.504 e. The van der Waals surface area contributed by atoms with Gasteiger partial charge in [0.2, 0.25) is 0 Å². The number of H-pyrrole nitrogens is 1. The van der Waals surface area contributed by atoms with Gasteiger partial charge in [-0.2, -0.15) is 0 Å². The second-order valence-corrected chi connectivity index (χ2v) is 12.0. The lowest BCUT2D eigenvalue weighted by molar-refractivity contribution is -0.188. The van der Waals surface area contributed by atoms with Gasteiger partial charge in [0.25, 0.3) is 5.91 Å². The maximum absolute atomic E-state index is 13.9. The number of halogens is 2. The van der Waals surface area contributed by atoms with Gasteiger partial charge < -0.3 is 24.8 Å². The van der Waals surface area contributed by atoms with Crippen LogP contribution in [0.2, 0.25) is 0 Å². The third-order valence-corrected chi connectivity index (χ3v) is 10.4. The summed E-state index contributed by atoms with van der Waals surface area (Å²) >= 11 is 0. The molecular formula is C28H34Cl2N4O4. The molecule has 3 N–H and O–H groups in total. The number of hydrogen-bond acceptors (Lipinski definition) is 6. The minimum absolute atomic E-state index is 0. The highest BCUT2D eigenvalue weighted by Gasteiger charge is 2.78. The standard InChI is InChI=1S/C28H32N4O4.2ClH/c1-31(15-21-29-9-10-30-21)24(34)18-13-26-6-7-28(18,35)25-27(26)8-11-32(14-16-2-3-16)20(26)12-17-4-5-19(33)23(36-25)22(17)27;;/h4-5,9-10,13,16,20,25,33,35H,2-3,6-8,11-12,14-15H2,1H3,(H,29,30);2*1H/t20-,25-,26-,27+,28-;;/m1../s1. The van der Waals surface area contributed by atoms with Gasteiger partial charge in [-0.3, -0.25) is 9.69 Å². The van der Waals surface area contributed by atoms with Crippen molar-refractivity contribution in [3.8, 4) is 11.5 Å². The number of rotatable bonds is 5. The molecule has 8 nitrogen and oxygen atoms in total. The smallest absolute Gasteiger partial charge is 0.252 e. The number of imidazole rings is 1. The predicted molar refractivity (Wildman–Crippen MR) is 145 cm³/mol. The summed E-state index contributed by atoms with van der Waals surface area (Å²) in [6, 6.07) is 4.05. The van der Waals surface area contributed by atoms with Gasteiger partial charge in [0, 0.05) is 48.6 Å². The van der Waals surface area contributed by atoms with Gasteiger partial charge in [0.05, 0.1) is 12.0 Å². The number of likely N-dealkylation sites (tertiary alicyclic amines) is 1. The van der Waals surface area contributed by atoms with Gasteiger partial charge in [-0.15, -0.1) is 24.8 Å². The van der Waals surface area contributed by atoms with Gasteiger partial charge in [0.1, 0.15) is 17.5 Å². The van der Waals surface area contributed by atoms with Crippen molar-refractivity contribution in [2.45, 2.75) is 68.2 Å². The van der Waals surface area contributed by atoms with Gasteiger partial charge >= 0.3 is 0 Å². The first kappa shape index (κ1) is 26.0. The Kier molecular flexibility index (Phi) is 5.72. The normalized spacial score (nSPS) is 35.4. The van der Waals surface area contributed by atoms with E-state index in [1.54, 1.807) is 30.4 Å². The van der Waals surface area contributed by atoms with Crippen LogP contribution in [0.25, 0.3) is 0 Å². The number of aromatic nitrogens is 2. The van der Waals surface area contributed by atoms with Crippen molar-refractivity contribution >= 4 is 30.7 Å². The lowest BCUT2D eigenvalue weighted by atomic mass is 9.38. The number of nitrogens with one attached hydrogen (secondary N) is 1. The summed E-state index contributed by atoms with van der Waals surface area (Å²) in [5, 5.41) is 23.2. The topological polar surface area (TPSA) is 102 Å². The first-order chi connectivity index (χ1) is 17.4. The van der Waals surface area contributed by atoms with E-state index < -0.39 is 17.1 Å². The molecule has 5 aliphatic carbocycles. The van der Waals surface area contributed by atoms with E-state index in [0.717, 1.165) is 43.8 Å². The molecule has 9 rings (SSSR count). The summed E-state index contributed by atoms with van der Waals surface area (Å²) in [5.41, 5.74) is 0.651. The van der Waals surface area contributed by atoms with Gasteiger partial charge in [-0.25, -0.2) is 4.98 Å². The van der Waals surface area contributed by atoms with Crippen molar-refractivity contribution in [3.05, 3.63) is 53.1 Å². The predicted octanol–water partition coefficient (Wildman–Crippen LogP) is 3.11. The van der Waals surface area contributed by atoms with Crippen LogP contribution >= 0.6 is 24.8 Å². The minimum Gasteiger partial charge on any atom is -0.504 e. The summed E-state index contributed by atoms with van der Waals surface area (Å²) in [5.74, 6) is 1.97. The van der Waals surface area contributed by atoms with Crippen LogP contribution < -0.4 is 4.74 Å². The number of benzene rings is 1. The molecule has 0 unspecified atom stereocenters. The summed E-state index contributed by atoms with van der Waals surface area (Å²) in [6.45, 7) is 2.41. The number of phenols is 1. The van der Waals surface area contributed by atoms with E-state index >= 15 is 0 Å². The number of hydrogen-bond donors (Lipinski definition) is 3. The van der Waals surface area contributed by atoms with E-state index in [1.165, 1.54) is 18.4 Å². The Labute approximate surface area is 234 Å². The van der Waals surface area contributed by atoms with Crippen LogP contribution in [0.4, 0.5) is 0 Å². The van der Waals surface area contributed by atoms with E-state index in [0.29, 0.717) is 30.1 Å². The molecule has 3 fully saturated rings. The molecule has 1 amide bonds. The molecule has 2 spiro atoms. The average molecular weight is 562 g/mol. The SMILES string of the molecule is CN(Cc1ncc[nH]1)C(=O)C1=C[C@@]23CC[C@]1(O)[C@@H]1Oc4c(O)ccc5c4[C@@]12CCN(CC1CC1)[C@@H]3C5.Cl.Cl. The Morgan fingerprint density at radius 1 is 1.26 bits per heavy atom. The van der Waals surface area contributed by atoms with E-state index in [1.807, 2.05) is 0 Å². The summed E-state index contributed by atoms with van der Waals surface area (Å²) < 4.78 is 6.59. The second kappa shape index (κ2) is 8.37. The number of aromatic amines is 1. The van der Waals surface area contributed by atoms with Crippen molar-refractivity contribution < 1.29 is 19.7 Å². The van der Waals surface area contributed by atoms with Crippen molar-refractivity contribution in [3.63, 3.8) is 0 Å². The number of phenolic OH excluding ortho intramolecular Hbond substituents is 1. The number of likely N-dealkylation sites (N-methyl/N-ethyl adjacent to an activating group) is 1. The van der Waals surface area contributed by atoms with Gasteiger partial charge in [-0.1, -0.05) is 12.1 Å². The fraction of sp³-hybridized carbons (Fsp3) is 0.571. The molecule has 10 heteroatoms. The lowest BCUT2D eigenvalue weighted by Crippen LogP contribution is -2.78. The first-order valence-corrected chi connectivity index (χ1v) is 13.3. The Hall–Kier alpha value is -2.26. The fourth-order valence-electron chi connectivity index (χ4n) is 8.69. The fourth-order valence-corrected chi connectivity index (χ4v) is 8.69. The Morgan fingerprint density at radius 2 is 2.08 bits per heavy atom. The number of ether oxygens (including phenoxy) is 1. The number of aromatic hydroxyl groups is 1. The van der Waals surface area contributed by atoms with Crippen LogP contribution in [0.5, 0.6) is 11.5 Å². The van der Waals surface area contributed by atoms with Crippen LogP contribution in [0.1, 0.15) is 49.1 Å². The number of fused-ring (bicyclic) bond motifs is 1. The molecule has 204 valence electrons.